The lowest BCUT2D eigenvalue weighted by Gasteiger charge is -2.15. The summed E-state index contributed by atoms with van der Waals surface area (Å²) in [6.45, 7) is 3.62. The molecule has 0 aromatic heterocycles. The Kier molecular flexibility index (Phi) is 5.05. The van der Waals surface area contributed by atoms with Crippen molar-refractivity contribution in [2.45, 2.75) is 13.8 Å². The fourth-order valence-electron chi connectivity index (χ4n) is 0.595. The minimum atomic E-state index is -3.31. The highest BCUT2D eigenvalue weighted by Crippen LogP contribution is 2.10. The van der Waals surface area contributed by atoms with E-state index < -0.39 is 15.4 Å². The van der Waals surface area contributed by atoms with Gasteiger partial charge in [-0.2, -0.15) is 5.26 Å². The summed E-state index contributed by atoms with van der Waals surface area (Å²) in [4.78, 5) is 0. The lowest BCUT2D eigenvalue weighted by Crippen LogP contribution is -2.35. The van der Waals surface area contributed by atoms with Crippen molar-refractivity contribution in [1.29, 1.82) is 5.26 Å². The van der Waals surface area contributed by atoms with Gasteiger partial charge in [0, 0.05) is 13.7 Å². The fraction of sp³-hybridized carbons (Fsp3) is 0.875. The molecule has 0 amide bonds. The molecular weight excluding hydrogens is 204 g/mol. The highest BCUT2D eigenvalue weighted by molar-refractivity contribution is 7.89. The van der Waals surface area contributed by atoms with Crippen molar-refractivity contribution in [3.63, 3.8) is 0 Å². The summed E-state index contributed by atoms with van der Waals surface area (Å²) in [5, 5.41) is 8.66. The van der Waals surface area contributed by atoms with Gasteiger partial charge in [0.15, 0.2) is 0 Å². The van der Waals surface area contributed by atoms with Crippen molar-refractivity contribution in [1.82, 2.24) is 4.72 Å². The third-order valence-corrected chi connectivity index (χ3v) is 2.88. The van der Waals surface area contributed by atoms with E-state index in [2.05, 4.69) is 9.46 Å². The lowest BCUT2D eigenvalue weighted by atomic mass is 9.97. The first kappa shape index (κ1) is 13.4. The maximum atomic E-state index is 11.3. The predicted molar refractivity (Wildman–Crippen MR) is 53.1 cm³/mol. The van der Waals surface area contributed by atoms with E-state index in [-0.39, 0.29) is 18.9 Å². The number of ether oxygens (including phenoxy) is 1. The van der Waals surface area contributed by atoms with Crippen LogP contribution in [0.3, 0.4) is 0 Å². The second-order valence-electron chi connectivity index (χ2n) is 3.63. The quantitative estimate of drug-likeness (QED) is 0.688. The Labute approximate surface area is 85.1 Å². The molecule has 0 aliphatic carbocycles. The van der Waals surface area contributed by atoms with E-state index in [0.717, 1.165) is 0 Å². The third-order valence-electron chi connectivity index (χ3n) is 1.59. The Bertz CT molecular complexity index is 303. The Morgan fingerprint density at radius 1 is 1.50 bits per heavy atom. The van der Waals surface area contributed by atoms with Crippen molar-refractivity contribution in [3.05, 3.63) is 0 Å². The molecule has 0 aliphatic rings. The van der Waals surface area contributed by atoms with E-state index in [1.54, 1.807) is 13.8 Å². The number of hydrogen-bond acceptors (Lipinski definition) is 4. The lowest BCUT2D eigenvalue weighted by molar-refractivity contribution is 0.216. The summed E-state index contributed by atoms with van der Waals surface area (Å²) in [7, 11) is -1.87. The van der Waals surface area contributed by atoms with Crippen LogP contribution in [0.15, 0.2) is 0 Å². The molecule has 0 atom stereocenters. The molecule has 82 valence electrons. The first-order valence-electron chi connectivity index (χ1n) is 4.20. The molecule has 0 radical (unpaired) electrons. The van der Waals surface area contributed by atoms with Gasteiger partial charge in [-0.3, -0.25) is 0 Å². The van der Waals surface area contributed by atoms with Gasteiger partial charge in [0.2, 0.25) is 10.0 Å². The Balaban J connectivity index is 4.08. The van der Waals surface area contributed by atoms with E-state index >= 15 is 0 Å². The second-order valence-corrected chi connectivity index (χ2v) is 5.55. The van der Waals surface area contributed by atoms with Crippen molar-refractivity contribution < 1.29 is 13.2 Å². The zero-order chi connectivity index (χ0) is 11.2. The van der Waals surface area contributed by atoms with Crippen molar-refractivity contribution >= 4 is 10.0 Å². The Morgan fingerprint density at radius 3 is 2.50 bits per heavy atom. The van der Waals surface area contributed by atoms with Gasteiger partial charge in [0.25, 0.3) is 0 Å². The molecular formula is C8H16N2O3S. The maximum Gasteiger partial charge on any atom is 0.213 e. The topological polar surface area (TPSA) is 79.2 Å². The van der Waals surface area contributed by atoms with Gasteiger partial charge < -0.3 is 4.74 Å². The standard InChI is InChI=1S/C8H16N2O3S/c1-8(2,6-9)7-10-14(11,12)5-4-13-3/h10H,4-5,7H2,1-3H3. The van der Waals surface area contributed by atoms with Crippen LogP contribution in [0.4, 0.5) is 0 Å². The normalized spacial score (nSPS) is 12.4. The van der Waals surface area contributed by atoms with E-state index in [1.807, 2.05) is 6.07 Å². The van der Waals surface area contributed by atoms with Crippen LogP contribution in [0.1, 0.15) is 13.8 Å². The molecule has 0 rings (SSSR count). The molecule has 0 saturated carbocycles. The summed E-state index contributed by atoms with van der Waals surface area (Å²) >= 11 is 0. The number of sulfonamides is 1. The summed E-state index contributed by atoms with van der Waals surface area (Å²) < 4.78 is 29.5. The molecule has 0 aromatic carbocycles. The molecule has 0 aliphatic heterocycles. The van der Waals surface area contributed by atoms with Crippen molar-refractivity contribution in [3.8, 4) is 6.07 Å². The highest BCUT2D eigenvalue weighted by atomic mass is 32.2. The molecule has 0 spiro atoms. The number of nitriles is 1. The summed E-state index contributed by atoms with van der Waals surface area (Å²) in [5.74, 6) is -0.0784. The number of rotatable bonds is 6. The van der Waals surface area contributed by atoms with Gasteiger partial charge in [-0.25, -0.2) is 13.1 Å². The minimum absolute atomic E-state index is 0.0784. The number of nitrogens with one attached hydrogen (secondary N) is 1. The van der Waals surface area contributed by atoms with Crippen LogP contribution in [0, 0.1) is 16.7 Å². The van der Waals surface area contributed by atoms with Crippen LogP contribution in [0.2, 0.25) is 0 Å². The van der Waals surface area contributed by atoms with Gasteiger partial charge >= 0.3 is 0 Å². The van der Waals surface area contributed by atoms with Gasteiger partial charge in [-0.1, -0.05) is 0 Å². The average Bonchev–Trinajstić information content (AvgIpc) is 2.12. The van der Waals surface area contributed by atoms with Gasteiger partial charge in [0.05, 0.1) is 23.8 Å². The first-order valence-corrected chi connectivity index (χ1v) is 5.86. The molecule has 0 unspecified atom stereocenters. The van der Waals surface area contributed by atoms with Crippen LogP contribution >= 0.6 is 0 Å². The Morgan fingerprint density at radius 2 is 2.07 bits per heavy atom. The smallest absolute Gasteiger partial charge is 0.213 e. The zero-order valence-electron chi connectivity index (χ0n) is 8.70. The predicted octanol–water partition coefficient (Wildman–Crippen LogP) is 0.102. The average molecular weight is 220 g/mol. The summed E-state index contributed by atoms with van der Waals surface area (Å²) in [6.07, 6.45) is 0. The fourth-order valence-corrected chi connectivity index (χ4v) is 1.71. The molecule has 0 saturated heterocycles. The molecule has 14 heavy (non-hydrogen) atoms. The largest absolute Gasteiger partial charge is 0.384 e. The minimum Gasteiger partial charge on any atom is -0.384 e. The molecule has 1 N–H and O–H groups in total. The number of nitrogens with zero attached hydrogens (tertiary/aromatic N) is 1. The van der Waals surface area contributed by atoms with Crippen molar-refractivity contribution in [2.24, 2.45) is 5.41 Å². The number of methoxy groups -OCH3 is 1. The maximum absolute atomic E-state index is 11.3. The van der Waals surface area contributed by atoms with Crippen LogP contribution < -0.4 is 4.72 Å². The zero-order valence-corrected chi connectivity index (χ0v) is 9.52. The van der Waals surface area contributed by atoms with E-state index in [0.29, 0.717) is 0 Å². The second kappa shape index (κ2) is 5.29. The monoisotopic (exact) mass is 220 g/mol. The SMILES string of the molecule is COCCS(=O)(=O)NCC(C)(C)C#N. The van der Waals surface area contributed by atoms with Gasteiger partial charge in [-0.15, -0.1) is 0 Å². The molecule has 6 heteroatoms. The van der Waals surface area contributed by atoms with E-state index in [9.17, 15) is 8.42 Å². The summed E-state index contributed by atoms with van der Waals surface area (Å²) in [6, 6.07) is 2.01. The third kappa shape index (κ3) is 5.91. The summed E-state index contributed by atoms with van der Waals surface area (Å²) in [5.41, 5.74) is -0.680. The van der Waals surface area contributed by atoms with E-state index in [4.69, 9.17) is 5.26 Å². The molecule has 5 nitrogen and oxygen atoms in total. The van der Waals surface area contributed by atoms with E-state index in [1.165, 1.54) is 7.11 Å². The van der Waals surface area contributed by atoms with Crippen LogP contribution in [0.5, 0.6) is 0 Å². The Hall–Kier alpha value is -0.640. The van der Waals surface area contributed by atoms with Gasteiger partial charge in [0.1, 0.15) is 0 Å². The molecule has 0 heterocycles. The van der Waals surface area contributed by atoms with Crippen LogP contribution in [-0.2, 0) is 14.8 Å². The molecule has 0 aromatic rings. The number of hydrogen-bond donors (Lipinski definition) is 1. The van der Waals surface area contributed by atoms with Gasteiger partial charge in [-0.05, 0) is 13.8 Å². The first-order chi connectivity index (χ1) is 6.33. The highest BCUT2D eigenvalue weighted by Gasteiger charge is 2.20. The van der Waals surface area contributed by atoms with Crippen LogP contribution in [0.25, 0.3) is 0 Å². The van der Waals surface area contributed by atoms with Crippen molar-refractivity contribution in [2.75, 3.05) is 26.0 Å². The molecule has 0 fully saturated rings. The van der Waals surface area contributed by atoms with Crippen LogP contribution in [-0.4, -0.2) is 34.4 Å². The molecule has 0 bridgehead atoms.